The summed E-state index contributed by atoms with van der Waals surface area (Å²) in [4.78, 5) is 28.7. The molecule has 0 radical (unpaired) electrons. The molecule has 1 aromatic heterocycles. The molecule has 2 heterocycles. The Morgan fingerprint density at radius 1 is 1.06 bits per heavy atom. The minimum atomic E-state index is -3.92. The van der Waals surface area contributed by atoms with E-state index in [4.69, 9.17) is 0 Å². The van der Waals surface area contributed by atoms with Crippen LogP contribution in [0.5, 0.6) is 0 Å². The summed E-state index contributed by atoms with van der Waals surface area (Å²) in [6, 6.07) is 10.7. The number of hydrogen-bond acceptors (Lipinski definition) is 7. The third kappa shape index (κ3) is 4.09. The number of benzene rings is 2. The summed E-state index contributed by atoms with van der Waals surface area (Å²) in [5.74, 6) is -0.196. The van der Waals surface area contributed by atoms with Gasteiger partial charge in [0.25, 0.3) is 11.6 Å². The molecule has 0 saturated carbocycles. The molecule has 0 spiro atoms. The molecule has 0 unspecified atom stereocenters. The molecule has 11 nitrogen and oxygen atoms in total. The van der Waals surface area contributed by atoms with Crippen LogP contribution in [0.3, 0.4) is 0 Å². The zero-order valence-electron chi connectivity index (χ0n) is 17.2. The van der Waals surface area contributed by atoms with E-state index >= 15 is 0 Å². The van der Waals surface area contributed by atoms with Crippen LogP contribution in [0.15, 0.2) is 60.0 Å². The van der Waals surface area contributed by atoms with Crippen molar-refractivity contribution in [1.29, 1.82) is 0 Å². The Morgan fingerprint density at radius 3 is 2.34 bits per heavy atom. The fourth-order valence-electron chi connectivity index (χ4n) is 3.53. The van der Waals surface area contributed by atoms with Crippen LogP contribution in [0.4, 0.5) is 5.69 Å². The Balaban J connectivity index is 1.45. The van der Waals surface area contributed by atoms with Gasteiger partial charge in [-0.3, -0.25) is 14.9 Å². The molecule has 1 aliphatic rings. The number of rotatable bonds is 5. The van der Waals surface area contributed by atoms with Crippen molar-refractivity contribution >= 4 is 21.6 Å². The van der Waals surface area contributed by atoms with Crippen LogP contribution < -0.4 is 0 Å². The number of non-ortho nitro benzene ring substituents is 1. The largest absolute Gasteiger partial charge is 0.336 e. The molecule has 1 saturated heterocycles. The molecule has 1 fully saturated rings. The highest BCUT2D eigenvalue weighted by Gasteiger charge is 2.32. The van der Waals surface area contributed by atoms with Crippen molar-refractivity contribution in [3.63, 3.8) is 0 Å². The van der Waals surface area contributed by atoms with Crippen molar-refractivity contribution in [2.45, 2.75) is 11.8 Å². The summed E-state index contributed by atoms with van der Waals surface area (Å²) in [5, 5.41) is 15.1. The molecule has 32 heavy (non-hydrogen) atoms. The number of carbonyl (C=O) groups is 1. The van der Waals surface area contributed by atoms with Crippen LogP contribution in [0.25, 0.3) is 5.69 Å². The number of nitrogens with zero attached hydrogens (tertiary/aromatic N) is 6. The summed E-state index contributed by atoms with van der Waals surface area (Å²) in [6.07, 6.45) is 2.97. The fraction of sp³-hybridized carbons (Fsp3) is 0.250. The Kier molecular flexibility index (Phi) is 5.72. The van der Waals surface area contributed by atoms with Crippen LogP contribution in [-0.2, 0) is 10.0 Å². The quantitative estimate of drug-likeness (QED) is 0.421. The zero-order chi connectivity index (χ0) is 22.9. The zero-order valence-corrected chi connectivity index (χ0v) is 18.0. The summed E-state index contributed by atoms with van der Waals surface area (Å²) in [5.41, 5.74) is 1.40. The Bertz CT molecular complexity index is 1250. The van der Waals surface area contributed by atoms with Crippen LogP contribution in [0.1, 0.15) is 15.9 Å². The summed E-state index contributed by atoms with van der Waals surface area (Å²) < 4.78 is 29.0. The fourth-order valence-corrected chi connectivity index (χ4v) is 5.20. The number of hydrogen-bond donors (Lipinski definition) is 0. The molecule has 0 bridgehead atoms. The van der Waals surface area contributed by atoms with Gasteiger partial charge in [0.05, 0.1) is 15.5 Å². The van der Waals surface area contributed by atoms with Gasteiger partial charge in [-0.15, -0.1) is 0 Å². The minimum absolute atomic E-state index is 0.0878. The molecule has 12 heteroatoms. The van der Waals surface area contributed by atoms with Gasteiger partial charge in [0, 0.05) is 43.9 Å². The van der Waals surface area contributed by atoms with E-state index in [2.05, 4.69) is 10.1 Å². The molecule has 0 atom stereocenters. The number of nitro benzene ring substituents is 1. The lowest BCUT2D eigenvalue weighted by Crippen LogP contribution is -2.50. The first kappa shape index (κ1) is 21.6. The van der Waals surface area contributed by atoms with Crippen LogP contribution >= 0.6 is 0 Å². The van der Waals surface area contributed by atoms with Crippen LogP contribution in [0.2, 0.25) is 0 Å². The first-order valence-corrected chi connectivity index (χ1v) is 11.2. The monoisotopic (exact) mass is 456 g/mol. The predicted molar refractivity (Wildman–Crippen MR) is 114 cm³/mol. The van der Waals surface area contributed by atoms with E-state index in [0.717, 1.165) is 11.8 Å². The topological polar surface area (TPSA) is 132 Å². The van der Waals surface area contributed by atoms with Gasteiger partial charge in [0.1, 0.15) is 12.7 Å². The normalized spacial score (nSPS) is 15.0. The molecule has 2 aromatic carbocycles. The van der Waals surface area contributed by atoms with Gasteiger partial charge in [-0.25, -0.2) is 18.1 Å². The minimum Gasteiger partial charge on any atom is -0.336 e. The van der Waals surface area contributed by atoms with E-state index in [1.165, 1.54) is 22.8 Å². The summed E-state index contributed by atoms with van der Waals surface area (Å²) >= 11 is 0. The van der Waals surface area contributed by atoms with E-state index in [-0.39, 0.29) is 42.7 Å². The lowest BCUT2D eigenvalue weighted by Gasteiger charge is -2.34. The van der Waals surface area contributed by atoms with Gasteiger partial charge in [-0.1, -0.05) is 6.07 Å². The smallest absolute Gasteiger partial charge is 0.270 e. The maximum Gasteiger partial charge on any atom is 0.270 e. The molecule has 3 aromatic rings. The third-order valence-corrected chi connectivity index (χ3v) is 7.36. The van der Waals surface area contributed by atoms with Crippen molar-refractivity contribution in [3.05, 3.63) is 76.4 Å². The number of aromatic nitrogens is 3. The SMILES string of the molecule is Cc1ccc([N+](=O)[O-])cc1S(=O)(=O)N1CCN(C(=O)c2ccc(-n3cncn3)cc2)CC1. The van der Waals surface area contributed by atoms with E-state index in [0.29, 0.717) is 11.1 Å². The molecule has 166 valence electrons. The second kappa shape index (κ2) is 8.48. The Hall–Kier alpha value is -3.64. The Labute approximate surface area is 184 Å². The number of sulfonamides is 1. The van der Waals surface area contributed by atoms with E-state index in [1.54, 1.807) is 47.1 Å². The van der Waals surface area contributed by atoms with Crippen molar-refractivity contribution in [3.8, 4) is 5.69 Å². The maximum absolute atomic E-state index is 13.1. The highest BCUT2D eigenvalue weighted by atomic mass is 32.2. The van der Waals surface area contributed by atoms with Crippen molar-refractivity contribution in [1.82, 2.24) is 24.0 Å². The maximum atomic E-state index is 13.1. The van der Waals surface area contributed by atoms with Gasteiger partial charge in [-0.05, 0) is 36.8 Å². The molecule has 0 N–H and O–H groups in total. The second-order valence-corrected chi connectivity index (χ2v) is 9.20. The van der Waals surface area contributed by atoms with Crippen molar-refractivity contribution in [2.75, 3.05) is 26.2 Å². The second-order valence-electron chi connectivity index (χ2n) is 7.29. The van der Waals surface area contributed by atoms with E-state index in [1.807, 2.05) is 0 Å². The molecular formula is C20H20N6O5S. The van der Waals surface area contributed by atoms with Crippen molar-refractivity contribution in [2.24, 2.45) is 0 Å². The Morgan fingerprint density at radius 2 is 1.75 bits per heavy atom. The molecule has 4 rings (SSSR count). The average Bonchev–Trinajstić information content (AvgIpc) is 3.34. The number of piperazine rings is 1. The summed E-state index contributed by atoms with van der Waals surface area (Å²) in [6.45, 7) is 2.24. The number of aryl methyl sites for hydroxylation is 1. The van der Waals surface area contributed by atoms with E-state index < -0.39 is 14.9 Å². The number of carbonyl (C=O) groups excluding carboxylic acids is 1. The lowest BCUT2D eigenvalue weighted by atomic mass is 10.1. The van der Waals surface area contributed by atoms with Crippen molar-refractivity contribution < 1.29 is 18.1 Å². The highest BCUT2D eigenvalue weighted by Crippen LogP contribution is 2.26. The molecule has 0 aliphatic carbocycles. The van der Waals surface area contributed by atoms with Crippen LogP contribution in [0, 0.1) is 17.0 Å². The predicted octanol–water partition coefficient (Wildman–Crippen LogP) is 1.63. The molecular weight excluding hydrogens is 436 g/mol. The lowest BCUT2D eigenvalue weighted by molar-refractivity contribution is -0.385. The van der Waals surface area contributed by atoms with Gasteiger partial charge in [0.15, 0.2) is 0 Å². The van der Waals surface area contributed by atoms with Crippen LogP contribution in [-0.4, -0.2) is 69.4 Å². The van der Waals surface area contributed by atoms with Gasteiger partial charge < -0.3 is 4.90 Å². The first-order chi connectivity index (χ1) is 15.3. The highest BCUT2D eigenvalue weighted by molar-refractivity contribution is 7.89. The van der Waals surface area contributed by atoms with E-state index in [9.17, 15) is 23.3 Å². The first-order valence-electron chi connectivity index (χ1n) is 9.77. The van der Waals surface area contributed by atoms with Gasteiger partial charge in [0.2, 0.25) is 10.0 Å². The van der Waals surface area contributed by atoms with Gasteiger partial charge >= 0.3 is 0 Å². The summed E-state index contributed by atoms with van der Waals surface area (Å²) in [7, 11) is -3.92. The molecule has 1 amide bonds. The number of amides is 1. The standard InChI is InChI=1S/C20H20N6O5S/c1-15-2-5-18(26(28)29)12-19(15)32(30,31)24-10-8-23(9-11-24)20(27)16-3-6-17(7-4-16)25-14-21-13-22-25/h2-7,12-14H,8-11H2,1H3. The third-order valence-electron chi connectivity index (χ3n) is 5.32. The number of nitro groups is 1. The van der Waals surface area contributed by atoms with Gasteiger partial charge in [-0.2, -0.15) is 9.40 Å². The molecule has 1 aliphatic heterocycles. The average molecular weight is 456 g/mol.